The summed E-state index contributed by atoms with van der Waals surface area (Å²) in [6.45, 7) is 13.6. The average Bonchev–Trinajstić information content (AvgIpc) is 0.842. The minimum absolute atomic E-state index is 0.0353. The first-order valence-electron chi connectivity index (χ1n) is 39.9. The highest BCUT2D eigenvalue weighted by molar-refractivity contribution is 6.00. The van der Waals surface area contributed by atoms with Crippen LogP contribution in [0.15, 0.2) is 48.5 Å². The Balaban J connectivity index is 2.33. The van der Waals surface area contributed by atoms with E-state index >= 15 is 0 Å². The molecule has 0 fully saturated rings. The van der Waals surface area contributed by atoms with Gasteiger partial charge in [-0.2, -0.15) is 0 Å². The van der Waals surface area contributed by atoms with Crippen LogP contribution in [-0.4, -0.2) is 262 Å². The Morgan fingerprint density at radius 2 is 0.545 bits per heavy atom. The fraction of sp³-hybridized carbons (Fsp3) is 0.595. The van der Waals surface area contributed by atoms with Crippen molar-refractivity contribution in [3.63, 3.8) is 0 Å². The van der Waals surface area contributed by atoms with Gasteiger partial charge in [-0.25, -0.2) is 4.79 Å². The molecule has 684 valence electrons. The molecule has 0 heterocycles. The van der Waals surface area contributed by atoms with Crippen LogP contribution in [0, 0.1) is 23.7 Å². The van der Waals surface area contributed by atoms with Gasteiger partial charge in [-0.3, -0.25) is 91.1 Å². The third-order valence-electron chi connectivity index (χ3n) is 18.4. The molecule has 0 aliphatic rings. The highest BCUT2D eigenvalue weighted by Gasteiger charge is 2.39. The van der Waals surface area contributed by atoms with E-state index in [-0.39, 0.29) is 80.1 Å². The average molecular weight is 1740 g/mol. The van der Waals surface area contributed by atoms with E-state index in [9.17, 15) is 142 Å². The number of aliphatic hydroxyl groups excluding tert-OH is 2. The van der Waals surface area contributed by atoms with Gasteiger partial charge in [-0.1, -0.05) is 79.7 Å². The van der Waals surface area contributed by atoms with Gasteiger partial charge in [0.25, 0.3) is 0 Å². The summed E-state index contributed by atoms with van der Waals surface area (Å²) in [6.07, 6.45) is -10.8. The third-order valence-corrected chi connectivity index (χ3v) is 18.4. The zero-order valence-corrected chi connectivity index (χ0v) is 70.2. The van der Waals surface area contributed by atoms with E-state index in [2.05, 4.69) is 74.4 Å². The third kappa shape index (κ3) is 42.9. The first kappa shape index (κ1) is 106. The van der Waals surface area contributed by atoms with Crippen LogP contribution in [0.2, 0.25) is 0 Å². The summed E-state index contributed by atoms with van der Waals surface area (Å²) in [5.74, 6) is -24.5. The summed E-state index contributed by atoms with van der Waals surface area (Å²) < 4.78 is 0. The molecule has 123 heavy (non-hydrogen) atoms. The number of amides is 15. The zero-order chi connectivity index (χ0) is 93.2. The fourth-order valence-corrected chi connectivity index (χ4v) is 12.1. The summed E-state index contributed by atoms with van der Waals surface area (Å²) in [6, 6.07) is -8.88. The second-order valence-electron chi connectivity index (χ2n) is 31.3. The lowest BCUT2D eigenvalue weighted by Crippen LogP contribution is -2.61. The number of carbonyl (C=O) groups excluding carboxylic acids is 15. The quantitative estimate of drug-likeness (QED) is 0.0301. The second-order valence-corrected chi connectivity index (χ2v) is 31.3. The van der Waals surface area contributed by atoms with Gasteiger partial charge in [-0.15, -0.1) is 0 Å². The largest absolute Gasteiger partial charge is 0.508 e. The molecule has 15 amide bonds. The van der Waals surface area contributed by atoms with Crippen LogP contribution in [0.1, 0.15) is 177 Å². The lowest BCUT2D eigenvalue weighted by atomic mass is 10.00. The monoisotopic (exact) mass is 1740 g/mol. The number of aromatic hydroxyl groups is 2. The number of rotatable bonds is 58. The van der Waals surface area contributed by atoms with Crippen molar-refractivity contribution in [1.29, 1.82) is 0 Å². The van der Waals surface area contributed by atoms with Gasteiger partial charge in [-0.05, 0) is 131 Å². The van der Waals surface area contributed by atoms with Crippen molar-refractivity contribution < 1.29 is 142 Å². The second kappa shape index (κ2) is 53.9. The SMILES string of the molecule is CC(C)C[C@H](NC(=O)[C@H](CCC(=O)O)NC(=O)[C@H](CC(C)C)NC(=O)[C@@H](NC(=O)[C@H](CCC(=O)O)NC(=O)CNC(=O)[C@H](Cc1ccc(O)cc1)NC(=O)CCCC(=O)N[C@@H](Cc1ccc(O)cc1)C(=O)NCC(=O)N[C@@H](CCC(=O)O)C(=O)N[C@H](C(=O)N[C@@H](CC(C)C)C(=O)N[C@@H](CCC(=O)O)C(=O)N[C@@H](CC(C)C)C(=O)O)[C@@H](C)O)[C@@H](C)O)C(N)=O. The number of nitrogens with one attached hydrogen (secondary N) is 14. The van der Waals surface area contributed by atoms with Crippen LogP contribution in [0.3, 0.4) is 0 Å². The van der Waals surface area contributed by atoms with Crippen molar-refractivity contribution in [2.45, 2.75) is 263 Å². The number of primary amides is 1. The summed E-state index contributed by atoms with van der Waals surface area (Å²) >= 11 is 0. The molecular weight excluding hydrogens is 1620 g/mol. The fourth-order valence-electron chi connectivity index (χ4n) is 12.1. The van der Waals surface area contributed by atoms with Gasteiger partial charge in [0, 0.05) is 51.4 Å². The van der Waals surface area contributed by atoms with Gasteiger partial charge in [0.15, 0.2) is 0 Å². The number of aliphatic hydroxyl groups is 2. The number of phenols is 2. The molecule has 0 aromatic heterocycles. The van der Waals surface area contributed by atoms with E-state index in [4.69, 9.17) is 5.73 Å². The van der Waals surface area contributed by atoms with Crippen molar-refractivity contribution in [2.24, 2.45) is 29.4 Å². The molecule has 0 saturated heterocycles. The van der Waals surface area contributed by atoms with Crippen molar-refractivity contribution in [2.75, 3.05) is 13.1 Å². The lowest BCUT2D eigenvalue weighted by molar-refractivity contribution is -0.143. The molecule has 0 spiro atoms. The molecular formula is C79H119N15O29. The van der Waals surface area contributed by atoms with Crippen LogP contribution >= 0.6 is 0 Å². The van der Waals surface area contributed by atoms with Gasteiger partial charge in [0.1, 0.15) is 84.0 Å². The Morgan fingerprint density at radius 3 is 0.829 bits per heavy atom. The Kier molecular flexibility index (Phi) is 46.6. The maximum atomic E-state index is 14.0. The van der Waals surface area contributed by atoms with Crippen molar-refractivity contribution >= 4 is 118 Å². The van der Waals surface area contributed by atoms with Crippen molar-refractivity contribution in [3.05, 3.63) is 59.7 Å². The maximum Gasteiger partial charge on any atom is 0.326 e. The lowest BCUT2D eigenvalue weighted by Gasteiger charge is -2.28. The summed E-state index contributed by atoms with van der Waals surface area (Å²) in [5, 5.41) is 122. The molecule has 44 heteroatoms. The molecule has 25 N–H and O–H groups in total. The molecule has 0 saturated carbocycles. The van der Waals surface area contributed by atoms with Crippen LogP contribution in [0.4, 0.5) is 0 Å². The minimum Gasteiger partial charge on any atom is -0.508 e. The normalized spacial score (nSPS) is 14.6. The first-order chi connectivity index (χ1) is 57.4. The smallest absolute Gasteiger partial charge is 0.326 e. The number of carboxylic acid groups (broad SMARTS) is 5. The number of nitrogens with two attached hydrogens (primary N) is 1. The maximum absolute atomic E-state index is 14.0. The molecule has 0 aliphatic carbocycles. The van der Waals surface area contributed by atoms with Crippen LogP contribution < -0.4 is 80.2 Å². The molecule has 2 aromatic carbocycles. The van der Waals surface area contributed by atoms with E-state index in [0.717, 1.165) is 13.8 Å². The standard InChI is InChI=1S/C79H119N15O29/c1-38(2)30-52(68(80)111)89-71(114)50(24-28-64(107)108)87-75(118)53(31-39(3)4)90-77(120)66(42(9)95)93-73(116)48(22-26-62(103)104)83-60(101)36-81-69(112)55(34-44-14-18-46(97)19-15-44)85-58(99)12-11-13-59(100)86-56(35-45-16-20-47(98)21-17-45)70(113)82-37-61(102)84-49(23-27-63(105)106)74(117)94-67(43(10)96)78(121)91-54(32-40(5)6)76(119)88-51(25-29-65(109)110)72(115)92-57(79(122)123)33-41(7)8/h14-21,38-43,48-57,66-67,95-98H,11-13,22-37H2,1-10H3,(H2,80,111)(H,81,112)(H,82,113)(H,83,101)(H,84,102)(H,85,99)(H,86,100)(H,87,118)(H,88,119)(H,89,114)(H,90,120)(H,91,121)(H,92,115)(H,93,116)(H,94,117)(H,103,104)(H,105,106)(H,107,108)(H,109,110)(H,122,123)/t42-,43-,48+,49+,50+,51+,52+,53+,54+,55+,56+,57+,66+,67+/m1/s1. The van der Waals surface area contributed by atoms with Gasteiger partial charge >= 0.3 is 29.8 Å². The van der Waals surface area contributed by atoms with E-state index in [1.807, 2.05) is 0 Å². The number of carbonyl (C=O) groups is 20. The number of carboxylic acids is 5. The first-order valence-corrected chi connectivity index (χ1v) is 39.9. The topological polar surface area (TPSA) is 718 Å². The van der Waals surface area contributed by atoms with Crippen LogP contribution in [0.25, 0.3) is 0 Å². The molecule has 0 bridgehead atoms. The predicted octanol–water partition coefficient (Wildman–Crippen LogP) is -3.92. The van der Waals surface area contributed by atoms with E-state index in [0.29, 0.717) is 11.1 Å². The molecule has 0 radical (unpaired) electrons. The summed E-state index contributed by atoms with van der Waals surface area (Å²) in [4.78, 5) is 264. The van der Waals surface area contributed by atoms with Crippen LogP contribution in [-0.2, 0) is 109 Å². The van der Waals surface area contributed by atoms with Gasteiger partial charge in [0.2, 0.25) is 88.6 Å². The van der Waals surface area contributed by atoms with E-state index in [1.165, 1.54) is 48.5 Å². The molecule has 14 atom stereocenters. The summed E-state index contributed by atoms with van der Waals surface area (Å²) in [5.41, 5.74) is 6.19. The molecule has 0 aliphatic heterocycles. The molecule has 2 rings (SSSR count). The zero-order valence-electron chi connectivity index (χ0n) is 70.2. The number of benzene rings is 2. The predicted molar refractivity (Wildman–Crippen MR) is 432 cm³/mol. The number of aliphatic carboxylic acids is 5. The highest BCUT2D eigenvalue weighted by Crippen LogP contribution is 2.18. The Morgan fingerprint density at radius 1 is 0.293 bits per heavy atom. The number of hydrogen-bond acceptors (Lipinski definition) is 24. The minimum atomic E-state index is -1.95. The Hall–Kier alpha value is -12.6. The van der Waals surface area contributed by atoms with E-state index in [1.54, 1.807) is 55.4 Å². The van der Waals surface area contributed by atoms with Crippen molar-refractivity contribution in [3.8, 4) is 11.5 Å². The molecule has 2 aromatic rings. The van der Waals surface area contributed by atoms with Crippen LogP contribution in [0.5, 0.6) is 11.5 Å². The molecule has 44 nitrogen and oxygen atoms in total. The summed E-state index contributed by atoms with van der Waals surface area (Å²) in [7, 11) is 0. The highest BCUT2D eigenvalue weighted by atomic mass is 16.4. The Bertz CT molecular complexity index is 3740. The van der Waals surface area contributed by atoms with Gasteiger partial charge in [0.05, 0.1) is 25.3 Å². The number of hydrogen-bond donors (Lipinski definition) is 24. The Labute approximate surface area is 708 Å². The van der Waals surface area contributed by atoms with Gasteiger partial charge < -0.3 is 126 Å². The van der Waals surface area contributed by atoms with Crippen molar-refractivity contribution in [1.82, 2.24) is 74.4 Å². The number of phenolic OH excluding ortho intramolecular Hbond substituents is 2. The molecule has 0 unspecified atom stereocenters. The van der Waals surface area contributed by atoms with E-state index < -0.39 is 280 Å².